The van der Waals surface area contributed by atoms with Crippen LogP contribution >= 0.6 is 0 Å². The second kappa shape index (κ2) is 5.52. The molecule has 1 aromatic carbocycles. The quantitative estimate of drug-likeness (QED) is 0.899. The van der Waals surface area contributed by atoms with Crippen LogP contribution in [0.1, 0.15) is 42.7 Å². The molecule has 2 fully saturated rings. The summed E-state index contributed by atoms with van der Waals surface area (Å²) in [6.07, 6.45) is 1.96. The Kier molecular flexibility index (Phi) is 3.74. The molecule has 4 heteroatoms. The zero-order valence-corrected chi connectivity index (χ0v) is 11.5. The van der Waals surface area contributed by atoms with E-state index < -0.39 is 12.1 Å². The first kappa shape index (κ1) is 13.6. The minimum atomic E-state index is -0.896. The van der Waals surface area contributed by atoms with Crippen LogP contribution in [-0.4, -0.2) is 34.7 Å². The van der Waals surface area contributed by atoms with Gasteiger partial charge >= 0.3 is 5.97 Å². The Labute approximate surface area is 118 Å². The largest absolute Gasteiger partial charge is 0.481 e. The maximum absolute atomic E-state index is 13.6. The number of alkyl halides is 1. The number of hydrogen-bond donors (Lipinski definition) is 1. The highest BCUT2D eigenvalue weighted by Crippen LogP contribution is 2.42. The Morgan fingerprint density at radius 1 is 1.35 bits per heavy atom. The topological polar surface area (TPSA) is 40.5 Å². The third-order valence-electron chi connectivity index (χ3n) is 4.33. The van der Waals surface area contributed by atoms with E-state index in [1.807, 2.05) is 17.0 Å². The molecule has 1 aromatic rings. The molecule has 0 unspecified atom stereocenters. The molecule has 3 rings (SSSR count). The summed E-state index contributed by atoms with van der Waals surface area (Å²) < 4.78 is 13.6. The van der Waals surface area contributed by atoms with Gasteiger partial charge in [0.2, 0.25) is 0 Å². The Hall–Kier alpha value is -1.42. The third-order valence-corrected chi connectivity index (χ3v) is 4.33. The molecule has 0 bridgehead atoms. The molecule has 0 amide bonds. The summed E-state index contributed by atoms with van der Waals surface area (Å²) in [7, 11) is 0. The van der Waals surface area contributed by atoms with Crippen molar-refractivity contribution in [1.29, 1.82) is 0 Å². The molecule has 2 aliphatic rings. The van der Waals surface area contributed by atoms with Crippen LogP contribution in [-0.2, 0) is 11.3 Å². The van der Waals surface area contributed by atoms with Crippen molar-refractivity contribution in [1.82, 2.24) is 4.90 Å². The van der Waals surface area contributed by atoms with Crippen LogP contribution in [0.25, 0.3) is 0 Å². The van der Waals surface area contributed by atoms with Crippen LogP contribution < -0.4 is 0 Å². The number of rotatable bonds is 5. The number of nitrogens with zero attached hydrogens (tertiary/aromatic N) is 1. The van der Waals surface area contributed by atoms with Gasteiger partial charge in [-0.1, -0.05) is 24.3 Å². The smallest absolute Gasteiger partial charge is 0.304 e. The van der Waals surface area contributed by atoms with E-state index in [9.17, 15) is 9.18 Å². The molecule has 0 spiro atoms. The average Bonchev–Trinajstić information content (AvgIpc) is 3.16. The maximum atomic E-state index is 13.6. The van der Waals surface area contributed by atoms with Crippen molar-refractivity contribution < 1.29 is 14.3 Å². The van der Waals surface area contributed by atoms with Crippen LogP contribution in [0.15, 0.2) is 24.3 Å². The fourth-order valence-corrected chi connectivity index (χ4v) is 3.22. The molecule has 1 aliphatic carbocycles. The van der Waals surface area contributed by atoms with Gasteiger partial charge in [0.25, 0.3) is 0 Å². The summed E-state index contributed by atoms with van der Waals surface area (Å²) in [5.74, 6) is -0.183. The van der Waals surface area contributed by atoms with Crippen molar-refractivity contribution in [3.05, 3.63) is 35.4 Å². The van der Waals surface area contributed by atoms with Crippen molar-refractivity contribution in [2.24, 2.45) is 0 Å². The Morgan fingerprint density at radius 3 is 2.80 bits per heavy atom. The lowest BCUT2D eigenvalue weighted by Crippen LogP contribution is -2.31. The lowest BCUT2D eigenvalue weighted by atomic mass is 10.0. The molecule has 1 heterocycles. The average molecular weight is 277 g/mol. The zero-order valence-electron chi connectivity index (χ0n) is 11.5. The number of carboxylic acids is 1. The summed E-state index contributed by atoms with van der Waals surface area (Å²) in [4.78, 5) is 12.9. The number of carbonyl (C=O) groups is 1. The highest BCUT2D eigenvalue weighted by atomic mass is 19.1. The molecule has 1 saturated heterocycles. The van der Waals surface area contributed by atoms with Crippen LogP contribution in [0.2, 0.25) is 0 Å². The number of aliphatic carboxylic acids is 1. The van der Waals surface area contributed by atoms with E-state index in [0.29, 0.717) is 25.4 Å². The predicted octanol–water partition coefficient (Wildman–Crippen LogP) is 2.95. The third kappa shape index (κ3) is 3.01. The van der Waals surface area contributed by atoms with Gasteiger partial charge in [-0.05, 0) is 36.3 Å². The second-order valence-electron chi connectivity index (χ2n) is 5.99. The molecule has 0 aromatic heterocycles. The summed E-state index contributed by atoms with van der Waals surface area (Å²) >= 11 is 0. The molecule has 0 radical (unpaired) electrons. The number of likely N-dealkylation sites (tertiary alicyclic amines) is 1. The molecule has 1 saturated carbocycles. The minimum absolute atomic E-state index is 0.0337. The Balaban J connectivity index is 1.74. The predicted molar refractivity (Wildman–Crippen MR) is 74.4 cm³/mol. The SMILES string of the molecule is O=C(O)C[C@@H]1C[C@H](F)CN1Cc1ccccc1C1CC1. The number of hydrogen-bond acceptors (Lipinski definition) is 2. The van der Waals surface area contributed by atoms with E-state index in [2.05, 4.69) is 12.1 Å². The van der Waals surface area contributed by atoms with Crippen LogP contribution in [0.3, 0.4) is 0 Å². The number of benzene rings is 1. The van der Waals surface area contributed by atoms with Gasteiger partial charge in [-0.15, -0.1) is 0 Å². The van der Waals surface area contributed by atoms with Crippen LogP contribution in [0, 0.1) is 0 Å². The first-order chi connectivity index (χ1) is 9.63. The highest BCUT2D eigenvalue weighted by Gasteiger charge is 2.34. The maximum Gasteiger partial charge on any atom is 0.304 e. The molecule has 2 atom stereocenters. The first-order valence-electron chi connectivity index (χ1n) is 7.31. The van der Waals surface area contributed by atoms with E-state index >= 15 is 0 Å². The summed E-state index contributed by atoms with van der Waals surface area (Å²) in [5.41, 5.74) is 2.60. The van der Waals surface area contributed by atoms with E-state index in [4.69, 9.17) is 5.11 Å². The summed E-state index contributed by atoms with van der Waals surface area (Å²) in [6.45, 7) is 1.03. The minimum Gasteiger partial charge on any atom is -0.481 e. The van der Waals surface area contributed by atoms with Crippen molar-refractivity contribution in [3.63, 3.8) is 0 Å². The molecule has 1 N–H and O–H groups in total. The van der Waals surface area contributed by atoms with Gasteiger partial charge in [-0.2, -0.15) is 0 Å². The standard InChI is InChI=1S/C16H20FNO2/c17-13-7-14(8-16(19)20)18(10-13)9-12-3-1-2-4-15(12)11-5-6-11/h1-4,11,13-14H,5-10H2,(H,19,20)/t13-,14-/m0/s1. The molecule has 1 aliphatic heterocycles. The zero-order chi connectivity index (χ0) is 14.1. The fourth-order valence-electron chi connectivity index (χ4n) is 3.22. The van der Waals surface area contributed by atoms with E-state index in [-0.39, 0.29) is 12.5 Å². The van der Waals surface area contributed by atoms with Crippen molar-refractivity contribution in [3.8, 4) is 0 Å². The lowest BCUT2D eigenvalue weighted by Gasteiger charge is -2.24. The van der Waals surface area contributed by atoms with Crippen molar-refractivity contribution in [2.75, 3.05) is 6.54 Å². The molecule has 3 nitrogen and oxygen atoms in total. The lowest BCUT2D eigenvalue weighted by molar-refractivity contribution is -0.138. The van der Waals surface area contributed by atoms with E-state index in [1.165, 1.54) is 24.0 Å². The van der Waals surface area contributed by atoms with Gasteiger partial charge in [0.15, 0.2) is 0 Å². The number of carboxylic acid groups (broad SMARTS) is 1. The molecular weight excluding hydrogens is 257 g/mol. The summed E-state index contributed by atoms with van der Waals surface area (Å²) in [6, 6.07) is 8.14. The first-order valence-corrected chi connectivity index (χ1v) is 7.31. The Bertz CT molecular complexity index is 501. The second-order valence-corrected chi connectivity index (χ2v) is 5.99. The highest BCUT2D eigenvalue weighted by molar-refractivity contribution is 5.67. The van der Waals surface area contributed by atoms with E-state index in [0.717, 1.165) is 0 Å². The van der Waals surface area contributed by atoms with Crippen LogP contribution in [0.4, 0.5) is 4.39 Å². The van der Waals surface area contributed by atoms with Gasteiger partial charge < -0.3 is 5.11 Å². The van der Waals surface area contributed by atoms with Gasteiger partial charge in [0.05, 0.1) is 6.42 Å². The van der Waals surface area contributed by atoms with E-state index in [1.54, 1.807) is 0 Å². The van der Waals surface area contributed by atoms with Crippen molar-refractivity contribution in [2.45, 2.75) is 50.4 Å². The van der Waals surface area contributed by atoms with Gasteiger partial charge in [0, 0.05) is 19.1 Å². The fraction of sp³-hybridized carbons (Fsp3) is 0.562. The van der Waals surface area contributed by atoms with Crippen molar-refractivity contribution >= 4 is 5.97 Å². The molecular formula is C16H20FNO2. The van der Waals surface area contributed by atoms with Gasteiger partial charge in [-0.3, -0.25) is 9.69 Å². The molecule has 20 heavy (non-hydrogen) atoms. The van der Waals surface area contributed by atoms with Gasteiger partial charge in [0.1, 0.15) is 6.17 Å². The number of halogens is 1. The molecule has 108 valence electrons. The normalized spacial score (nSPS) is 26.9. The Morgan fingerprint density at radius 2 is 2.10 bits per heavy atom. The van der Waals surface area contributed by atoms with Crippen LogP contribution in [0.5, 0.6) is 0 Å². The summed E-state index contributed by atoms with van der Waals surface area (Å²) in [5, 5.41) is 8.95. The monoisotopic (exact) mass is 277 g/mol. The van der Waals surface area contributed by atoms with Gasteiger partial charge in [-0.25, -0.2) is 4.39 Å².